The number of nitrogens with one attached hydrogen (secondary N) is 1. The third-order valence-corrected chi connectivity index (χ3v) is 9.10. The van der Waals surface area contributed by atoms with Gasteiger partial charge in [0.05, 0.1) is 16.8 Å². The van der Waals surface area contributed by atoms with Gasteiger partial charge in [-0.2, -0.15) is 11.8 Å². The average Bonchev–Trinajstić information content (AvgIpc) is 3.33. The monoisotopic (exact) mass is 453 g/mol. The SMILES string of the molecule is CSCc1nc2ccccc2n1CC(=O)Nc1nnc(C23CC4CC(CC(C4)C2)C3)s1. The topological polar surface area (TPSA) is 72.7 Å². The van der Waals surface area contributed by atoms with Gasteiger partial charge < -0.3 is 4.57 Å². The highest BCUT2D eigenvalue weighted by Gasteiger charge is 2.53. The fourth-order valence-corrected chi connectivity index (χ4v) is 8.16. The fraction of sp³-hybridized carbons (Fsp3) is 0.565. The second-order valence-corrected chi connectivity index (χ2v) is 11.5. The number of thioether (sulfide) groups is 1. The largest absolute Gasteiger partial charge is 0.318 e. The molecule has 31 heavy (non-hydrogen) atoms. The number of hydrogen-bond acceptors (Lipinski definition) is 6. The maximum absolute atomic E-state index is 12.9. The molecular weight excluding hydrogens is 426 g/mol. The van der Waals surface area contributed by atoms with Crippen LogP contribution in [-0.2, 0) is 22.5 Å². The van der Waals surface area contributed by atoms with E-state index in [9.17, 15) is 4.79 Å². The van der Waals surface area contributed by atoms with Crippen molar-refractivity contribution < 1.29 is 4.79 Å². The van der Waals surface area contributed by atoms with Crippen molar-refractivity contribution in [2.75, 3.05) is 11.6 Å². The van der Waals surface area contributed by atoms with Crippen molar-refractivity contribution in [1.29, 1.82) is 0 Å². The third kappa shape index (κ3) is 3.48. The Kier molecular flexibility index (Phi) is 4.83. The first-order valence-corrected chi connectivity index (χ1v) is 13.4. The normalized spacial score (nSPS) is 29.0. The highest BCUT2D eigenvalue weighted by atomic mass is 32.2. The van der Waals surface area contributed by atoms with Crippen molar-refractivity contribution in [3.8, 4) is 0 Å². The summed E-state index contributed by atoms with van der Waals surface area (Å²) < 4.78 is 2.02. The van der Waals surface area contributed by atoms with E-state index in [2.05, 4.69) is 21.8 Å². The van der Waals surface area contributed by atoms with Gasteiger partial charge in [0.1, 0.15) is 17.4 Å². The number of rotatable bonds is 6. The molecule has 2 heterocycles. The first-order valence-electron chi connectivity index (χ1n) is 11.2. The molecule has 0 atom stereocenters. The molecule has 4 fully saturated rings. The molecule has 3 aromatic rings. The van der Waals surface area contributed by atoms with Crippen molar-refractivity contribution in [3.05, 3.63) is 35.1 Å². The van der Waals surface area contributed by atoms with Gasteiger partial charge in [0.15, 0.2) is 0 Å². The van der Waals surface area contributed by atoms with E-state index >= 15 is 0 Å². The van der Waals surface area contributed by atoms with Gasteiger partial charge >= 0.3 is 0 Å². The summed E-state index contributed by atoms with van der Waals surface area (Å²) in [6.07, 6.45) is 10.1. The van der Waals surface area contributed by atoms with Crippen LogP contribution in [-0.4, -0.2) is 31.9 Å². The minimum absolute atomic E-state index is 0.0706. The Labute approximate surface area is 190 Å². The maximum Gasteiger partial charge on any atom is 0.246 e. The van der Waals surface area contributed by atoms with E-state index in [1.54, 1.807) is 23.1 Å². The number of carbonyl (C=O) groups excluding carboxylic acids is 1. The zero-order chi connectivity index (χ0) is 21.0. The van der Waals surface area contributed by atoms with Gasteiger partial charge in [-0.25, -0.2) is 4.98 Å². The first-order chi connectivity index (χ1) is 15.1. The molecule has 0 radical (unpaired) electrons. The Hall–Kier alpha value is -1.93. The Bertz CT molecular complexity index is 1100. The number of para-hydroxylation sites is 2. The molecule has 4 aliphatic carbocycles. The smallest absolute Gasteiger partial charge is 0.246 e. The molecule has 162 valence electrons. The summed E-state index contributed by atoms with van der Waals surface area (Å²) in [6, 6.07) is 7.99. The molecule has 4 aliphatic rings. The number of hydrogen-bond donors (Lipinski definition) is 1. The Morgan fingerprint density at radius 3 is 2.58 bits per heavy atom. The number of nitrogens with zero attached hydrogens (tertiary/aromatic N) is 4. The lowest BCUT2D eigenvalue weighted by Crippen LogP contribution is -2.48. The van der Waals surface area contributed by atoms with Crippen LogP contribution >= 0.6 is 23.1 Å². The van der Waals surface area contributed by atoms with Crippen LogP contribution in [0, 0.1) is 17.8 Å². The molecule has 2 aromatic heterocycles. The summed E-state index contributed by atoms with van der Waals surface area (Å²) in [5, 5.41) is 13.8. The minimum Gasteiger partial charge on any atom is -0.318 e. The standard InChI is InChI=1S/C23H27N5OS2/c1-30-13-19-24-17-4-2-3-5-18(17)28(19)12-20(29)25-22-27-26-21(31-22)23-9-14-6-15(10-23)8-16(7-14)11-23/h2-5,14-16H,6-13H2,1H3,(H,25,27,29). The molecule has 1 N–H and O–H groups in total. The summed E-state index contributed by atoms with van der Waals surface area (Å²) in [4.78, 5) is 17.6. The molecule has 0 saturated heterocycles. The molecule has 1 amide bonds. The van der Waals surface area contributed by atoms with Crippen LogP contribution in [0.15, 0.2) is 24.3 Å². The zero-order valence-corrected chi connectivity index (χ0v) is 19.3. The van der Waals surface area contributed by atoms with Gasteiger partial charge in [-0.15, -0.1) is 10.2 Å². The van der Waals surface area contributed by atoms with Gasteiger partial charge in [0, 0.05) is 5.41 Å². The quantitative estimate of drug-likeness (QED) is 0.577. The molecule has 0 spiro atoms. The van der Waals surface area contributed by atoms with E-state index in [0.29, 0.717) is 5.13 Å². The number of amides is 1. The van der Waals surface area contributed by atoms with E-state index in [1.807, 2.05) is 28.8 Å². The molecule has 8 heteroatoms. The van der Waals surface area contributed by atoms with Gasteiger partial charge in [-0.05, 0) is 74.7 Å². The van der Waals surface area contributed by atoms with Gasteiger partial charge in [-0.3, -0.25) is 10.1 Å². The fourth-order valence-electron chi connectivity index (χ4n) is 6.70. The second kappa shape index (κ2) is 7.59. The first kappa shape index (κ1) is 19.7. The van der Waals surface area contributed by atoms with Gasteiger partial charge in [0.2, 0.25) is 11.0 Å². The number of carbonyl (C=O) groups is 1. The maximum atomic E-state index is 12.9. The molecule has 0 aliphatic heterocycles. The Balaban J connectivity index is 1.20. The van der Waals surface area contributed by atoms with Crippen molar-refractivity contribution in [2.45, 2.75) is 56.2 Å². The van der Waals surface area contributed by atoms with E-state index in [-0.39, 0.29) is 17.9 Å². The average molecular weight is 454 g/mol. The van der Waals surface area contributed by atoms with Crippen LogP contribution in [0.2, 0.25) is 0 Å². The van der Waals surface area contributed by atoms with Crippen LogP contribution in [0.3, 0.4) is 0 Å². The summed E-state index contributed by atoms with van der Waals surface area (Å²) in [5.74, 6) is 4.25. The summed E-state index contributed by atoms with van der Waals surface area (Å²) in [7, 11) is 0. The molecule has 1 aromatic carbocycles. The molecule has 0 unspecified atom stereocenters. The number of benzene rings is 1. The van der Waals surface area contributed by atoms with E-state index < -0.39 is 0 Å². The van der Waals surface area contributed by atoms with E-state index in [1.165, 1.54) is 38.5 Å². The number of anilines is 1. The van der Waals surface area contributed by atoms with E-state index in [0.717, 1.165) is 45.4 Å². The lowest BCUT2D eigenvalue weighted by molar-refractivity contribution is -0.116. The van der Waals surface area contributed by atoms with Crippen molar-refractivity contribution >= 4 is 45.2 Å². The number of imidazole rings is 1. The molecule has 6 nitrogen and oxygen atoms in total. The molecular formula is C23H27N5OS2. The molecule has 4 saturated carbocycles. The van der Waals surface area contributed by atoms with Crippen LogP contribution in [0.25, 0.3) is 11.0 Å². The van der Waals surface area contributed by atoms with Crippen molar-refractivity contribution in [3.63, 3.8) is 0 Å². The van der Waals surface area contributed by atoms with Crippen LogP contribution in [0.5, 0.6) is 0 Å². The highest BCUT2D eigenvalue weighted by molar-refractivity contribution is 7.97. The predicted molar refractivity (Wildman–Crippen MR) is 125 cm³/mol. The van der Waals surface area contributed by atoms with Crippen LogP contribution < -0.4 is 5.32 Å². The van der Waals surface area contributed by atoms with Crippen LogP contribution in [0.4, 0.5) is 5.13 Å². The van der Waals surface area contributed by atoms with Crippen molar-refractivity contribution in [2.24, 2.45) is 17.8 Å². The van der Waals surface area contributed by atoms with E-state index in [4.69, 9.17) is 4.98 Å². The Morgan fingerprint density at radius 1 is 1.16 bits per heavy atom. The summed E-state index contributed by atoms with van der Waals surface area (Å²) in [5.41, 5.74) is 2.15. The predicted octanol–water partition coefficient (Wildman–Crippen LogP) is 4.86. The molecule has 4 bridgehead atoms. The second-order valence-electron chi connectivity index (χ2n) is 9.69. The lowest BCUT2D eigenvalue weighted by Gasteiger charge is -2.55. The van der Waals surface area contributed by atoms with Crippen molar-refractivity contribution in [1.82, 2.24) is 19.7 Å². The molecule has 7 rings (SSSR count). The van der Waals surface area contributed by atoms with Crippen LogP contribution in [0.1, 0.15) is 49.4 Å². The number of aromatic nitrogens is 4. The lowest BCUT2D eigenvalue weighted by atomic mass is 9.50. The highest BCUT2D eigenvalue weighted by Crippen LogP contribution is 2.61. The Morgan fingerprint density at radius 2 is 1.87 bits per heavy atom. The zero-order valence-electron chi connectivity index (χ0n) is 17.7. The summed E-state index contributed by atoms with van der Waals surface area (Å²) >= 11 is 3.31. The summed E-state index contributed by atoms with van der Waals surface area (Å²) in [6.45, 7) is 0.239. The third-order valence-electron chi connectivity index (χ3n) is 7.47. The number of fused-ring (bicyclic) bond motifs is 1. The van der Waals surface area contributed by atoms with Gasteiger partial charge in [0.25, 0.3) is 0 Å². The van der Waals surface area contributed by atoms with Gasteiger partial charge in [-0.1, -0.05) is 23.5 Å². The minimum atomic E-state index is -0.0706.